The molecule has 1 amide bonds. The molecule has 162 valence electrons. The molecule has 30 heavy (non-hydrogen) atoms. The Bertz CT molecular complexity index is 814. The SMILES string of the molecule is CC(C)C(=O)Nc1cccc(C2CCN(C[C@H](C)COc3ccc(Br)cc3)CC2)c1. The van der Waals surface area contributed by atoms with Crippen molar-refractivity contribution in [2.75, 3.05) is 31.6 Å². The second kappa shape index (κ2) is 11.0. The lowest BCUT2D eigenvalue weighted by Crippen LogP contribution is -2.37. The molecule has 2 aromatic carbocycles. The lowest BCUT2D eigenvalue weighted by atomic mass is 9.89. The fraction of sp³-hybridized carbons (Fsp3) is 0.480. The van der Waals surface area contributed by atoms with Crippen LogP contribution in [0.25, 0.3) is 0 Å². The van der Waals surface area contributed by atoms with Crippen molar-refractivity contribution < 1.29 is 9.53 Å². The van der Waals surface area contributed by atoms with Crippen LogP contribution in [0.1, 0.15) is 45.1 Å². The molecule has 1 saturated heterocycles. The molecule has 0 spiro atoms. The van der Waals surface area contributed by atoms with Gasteiger partial charge in [0.1, 0.15) is 5.75 Å². The van der Waals surface area contributed by atoms with Crippen LogP contribution in [-0.4, -0.2) is 37.0 Å². The number of hydrogen-bond donors (Lipinski definition) is 1. The minimum Gasteiger partial charge on any atom is -0.493 e. The van der Waals surface area contributed by atoms with Gasteiger partial charge in [-0.2, -0.15) is 0 Å². The molecule has 3 rings (SSSR count). The van der Waals surface area contributed by atoms with E-state index < -0.39 is 0 Å². The highest BCUT2D eigenvalue weighted by molar-refractivity contribution is 9.10. The smallest absolute Gasteiger partial charge is 0.226 e. The molecule has 1 N–H and O–H groups in total. The number of piperidine rings is 1. The Morgan fingerprint density at radius 3 is 2.50 bits per heavy atom. The molecular formula is C25H33BrN2O2. The largest absolute Gasteiger partial charge is 0.493 e. The predicted molar refractivity (Wildman–Crippen MR) is 127 cm³/mol. The summed E-state index contributed by atoms with van der Waals surface area (Å²) in [5.74, 6) is 2.03. The van der Waals surface area contributed by atoms with Crippen LogP contribution in [0.15, 0.2) is 53.0 Å². The van der Waals surface area contributed by atoms with E-state index in [2.05, 4.69) is 51.3 Å². The van der Waals surface area contributed by atoms with E-state index in [0.717, 1.165) is 55.0 Å². The Labute approximate surface area is 189 Å². The molecule has 0 radical (unpaired) electrons. The maximum atomic E-state index is 12.0. The Kier molecular flexibility index (Phi) is 8.34. The Morgan fingerprint density at radius 2 is 1.83 bits per heavy atom. The minimum absolute atomic E-state index is 0.00775. The van der Waals surface area contributed by atoms with Gasteiger partial charge in [0.2, 0.25) is 5.91 Å². The second-order valence-corrected chi connectivity index (χ2v) is 9.63. The van der Waals surface area contributed by atoms with Gasteiger partial charge in [0.15, 0.2) is 0 Å². The van der Waals surface area contributed by atoms with Crippen molar-refractivity contribution in [3.63, 3.8) is 0 Å². The molecule has 0 aliphatic carbocycles. The van der Waals surface area contributed by atoms with Crippen molar-refractivity contribution >= 4 is 27.5 Å². The fourth-order valence-corrected chi connectivity index (χ4v) is 4.13. The van der Waals surface area contributed by atoms with Crippen molar-refractivity contribution in [1.82, 2.24) is 4.90 Å². The fourth-order valence-electron chi connectivity index (χ4n) is 3.87. The molecule has 1 heterocycles. The van der Waals surface area contributed by atoms with Gasteiger partial charge < -0.3 is 15.0 Å². The monoisotopic (exact) mass is 472 g/mol. The van der Waals surface area contributed by atoms with E-state index in [1.165, 1.54) is 5.56 Å². The summed E-state index contributed by atoms with van der Waals surface area (Å²) in [5.41, 5.74) is 2.25. The lowest BCUT2D eigenvalue weighted by Gasteiger charge is -2.33. The van der Waals surface area contributed by atoms with E-state index in [-0.39, 0.29) is 11.8 Å². The van der Waals surface area contributed by atoms with Gasteiger partial charge in [-0.05, 0) is 73.8 Å². The van der Waals surface area contributed by atoms with Gasteiger partial charge >= 0.3 is 0 Å². The van der Waals surface area contributed by atoms with Crippen molar-refractivity contribution in [3.05, 3.63) is 58.6 Å². The van der Waals surface area contributed by atoms with Gasteiger partial charge in [-0.3, -0.25) is 4.79 Å². The first-order valence-corrected chi connectivity index (χ1v) is 11.7. The molecule has 5 heteroatoms. The first-order chi connectivity index (χ1) is 14.4. The van der Waals surface area contributed by atoms with Crippen LogP contribution in [0.3, 0.4) is 0 Å². The van der Waals surface area contributed by atoms with E-state index >= 15 is 0 Å². The van der Waals surface area contributed by atoms with Crippen LogP contribution in [0, 0.1) is 11.8 Å². The van der Waals surface area contributed by atoms with Crippen LogP contribution < -0.4 is 10.1 Å². The topological polar surface area (TPSA) is 41.6 Å². The zero-order chi connectivity index (χ0) is 21.5. The van der Waals surface area contributed by atoms with E-state index in [0.29, 0.717) is 11.8 Å². The standard InChI is InChI=1S/C25H33BrN2O2/c1-18(2)25(29)27-23-6-4-5-21(15-23)20-11-13-28(14-12-20)16-19(3)17-30-24-9-7-22(26)8-10-24/h4-10,15,18-20H,11-14,16-17H2,1-3H3,(H,27,29)/t19-/m0/s1. The number of carbonyl (C=O) groups excluding carboxylic acids is 1. The number of hydrogen-bond acceptors (Lipinski definition) is 3. The summed E-state index contributed by atoms with van der Waals surface area (Å²) in [4.78, 5) is 14.5. The van der Waals surface area contributed by atoms with Crippen LogP contribution in [0.2, 0.25) is 0 Å². The highest BCUT2D eigenvalue weighted by Crippen LogP contribution is 2.30. The maximum Gasteiger partial charge on any atom is 0.226 e. The molecule has 0 aromatic heterocycles. The average Bonchev–Trinajstić information content (AvgIpc) is 2.74. The molecule has 1 aliphatic heterocycles. The summed E-state index contributed by atoms with van der Waals surface area (Å²) < 4.78 is 7.00. The third kappa shape index (κ3) is 6.85. The Balaban J connectivity index is 1.44. The molecule has 0 saturated carbocycles. The van der Waals surface area contributed by atoms with Gasteiger partial charge in [-0.1, -0.05) is 48.8 Å². The molecule has 1 fully saturated rings. The zero-order valence-electron chi connectivity index (χ0n) is 18.2. The molecule has 0 bridgehead atoms. The summed E-state index contributed by atoms with van der Waals surface area (Å²) in [6.07, 6.45) is 2.31. The van der Waals surface area contributed by atoms with Gasteiger partial charge in [-0.25, -0.2) is 0 Å². The third-order valence-corrected chi connectivity index (χ3v) is 6.18. The number of benzene rings is 2. The summed E-state index contributed by atoms with van der Waals surface area (Å²) in [6, 6.07) is 16.4. The van der Waals surface area contributed by atoms with E-state index in [4.69, 9.17) is 4.74 Å². The summed E-state index contributed by atoms with van der Waals surface area (Å²) in [5, 5.41) is 3.02. The van der Waals surface area contributed by atoms with Crippen molar-refractivity contribution in [2.24, 2.45) is 11.8 Å². The molecule has 1 atom stereocenters. The highest BCUT2D eigenvalue weighted by Gasteiger charge is 2.22. The van der Waals surface area contributed by atoms with Crippen LogP contribution in [0.5, 0.6) is 5.75 Å². The minimum atomic E-state index is -0.00775. The van der Waals surface area contributed by atoms with Crippen molar-refractivity contribution in [3.8, 4) is 5.75 Å². The van der Waals surface area contributed by atoms with Crippen LogP contribution in [0.4, 0.5) is 5.69 Å². The van der Waals surface area contributed by atoms with E-state index in [1.54, 1.807) is 0 Å². The van der Waals surface area contributed by atoms with Gasteiger partial charge in [0, 0.05) is 28.5 Å². The number of carbonyl (C=O) groups is 1. The van der Waals surface area contributed by atoms with Crippen molar-refractivity contribution in [2.45, 2.75) is 39.5 Å². The zero-order valence-corrected chi connectivity index (χ0v) is 19.8. The van der Waals surface area contributed by atoms with Crippen LogP contribution >= 0.6 is 15.9 Å². The number of amides is 1. The third-order valence-electron chi connectivity index (χ3n) is 5.66. The first-order valence-electron chi connectivity index (χ1n) is 10.9. The van der Waals surface area contributed by atoms with Crippen molar-refractivity contribution in [1.29, 1.82) is 0 Å². The average molecular weight is 473 g/mol. The number of likely N-dealkylation sites (tertiary alicyclic amines) is 1. The Hall–Kier alpha value is -1.85. The van der Waals surface area contributed by atoms with E-state index in [9.17, 15) is 4.79 Å². The number of rotatable bonds is 8. The van der Waals surface area contributed by atoms with Gasteiger partial charge in [0.05, 0.1) is 6.61 Å². The first kappa shape index (κ1) is 22.8. The number of nitrogens with one attached hydrogen (secondary N) is 1. The second-order valence-electron chi connectivity index (χ2n) is 8.71. The number of anilines is 1. The normalized spacial score (nSPS) is 16.4. The summed E-state index contributed by atoms with van der Waals surface area (Å²) in [6.45, 7) is 10.1. The molecular weight excluding hydrogens is 440 g/mol. The quantitative estimate of drug-likeness (QED) is 0.516. The van der Waals surface area contributed by atoms with Crippen LogP contribution in [-0.2, 0) is 4.79 Å². The lowest BCUT2D eigenvalue weighted by molar-refractivity contribution is -0.118. The van der Waals surface area contributed by atoms with E-state index in [1.807, 2.05) is 44.2 Å². The number of nitrogens with zero attached hydrogens (tertiary/aromatic N) is 1. The Morgan fingerprint density at radius 1 is 1.13 bits per heavy atom. The number of halogens is 1. The van der Waals surface area contributed by atoms with Gasteiger partial charge in [-0.15, -0.1) is 0 Å². The predicted octanol–water partition coefficient (Wildman–Crippen LogP) is 5.94. The number of ether oxygens (including phenoxy) is 1. The maximum absolute atomic E-state index is 12.0. The highest BCUT2D eigenvalue weighted by atomic mass is 79.9. The van der Waals surface area contributed by atoms with Gasteiger partial charge in [0.25, 0.3) is 0 Å². The molecule has 2 aromatic rings. The molecule has 0 unspecified atom stereocenters. The molecule has 1 aliphatic rings. The summed E-state index contributed by atoms with van der Waals surface area (Å²) in [7, 11) is 0. The summed E-state index contributed by atoms with van der Waals surface area (Å²) >= 11 is 3.45. The molecule has 4 nitrogen and oxygen atoms in total.